The fraction of sp³-hybridized carbons (Fsp3) is 0.250. The van der Waals surface area contributed by atoms with Gasteiger partial charge in [0.15, 0.2) is 0 Å². The van der Waals surface area contributed by atoms with Crippen molar-refractivity contribution in [2.45, 2.75) is 13.0 Å². The minimum absolute atomic E-state index is 0.232. The van der Waals surface area contributed by atoms with Crippen molar-refractivity contribution in [3.05, 3.63) is 45.4 Å². The molecule has 0 aromatic carbocycles. The third-order valence-electron chi connectivity index (χ3n) is 3.10. The molecule has 0 aliphatic carbocycles. The summed E-state index contributed by atoms with van der Waals surface area (Å²) in [4.78, 5) is 4.99. The first-order chi connectivity index (χ1) is 9.08. The summed E-state index contributed by atoms with van der Waals surface area (Å²) >= 11 is 1.56. The molecular weight excluding hydrogens is 280 g/mol. The van der Waals surface area contributed by atoms with Gasteiger partial charge < -0.3 is 4.90 Å². The minimum atomic E-state index is -1.62. The lowest BCUT2D eigenvalue weighted by Crippen LogP contribution is -2.31. The summed E-state index contributed by atoms with van der Waals surface area (Å²) in [7, 11) is 0. The SMILES string of the molecule is Fc1nc(F)c(F)c(N2CCc3sccc3C2)c1F. The number of anilines is 1. The van der Waals surface area contributed by atoms with E-state index in [0.29, 0.717) is 13.0 Å². The molecule has 3 heterocycles. The van der Waals surface area contributed by atoms with Gasteiger partial charge in [-0.25, -0.2) is 0 Å². The molecule has 0 radical (unpaired) electrons. The Labute approximate surface area is 110 Å². The molecule has 0 saturated heterocycles. The average Bonchev–Trinajstić information content (AvgIpc) is 2.84. The topological polar surface area (TPSA) is 16.1 Å². The van der Waals surface area contributed by atoms with Gasteiger partial charge in [0.1, 0.15) is 5.69 Å². The second-order valence-electron chi connectivity index (χ2n) is 4.21. The molecule has 2 nitrogen and oxygen atoms in total. The molecule has 0 fully saturated rings. The van der Waals surface area contributed by atoms with Crippen LogP contribution in [0.25, 0.3) is 0 Å². The van der Waals surface area contributed by atoms with Gasteiger partial charge in [0, 0.05) is 18.0 Å². The fourth-order valence-corrected chi connectivity index (χ4v) is 3.08. The molecule has 0 amide bonds. The van der Waals surface area contributed by atoms with Crippen molar-refractivity contribution >= 4 is 17.0 Å². The zero-order chi connectivity index (χ0) is 13.6. The van der Waals surface area contributed by atoms with Gasteiger partial charge in [-0.3, -0.25) is 0 Å². The van der Waals surface area contributed by atoms with Gasteiger partial charge in [0.25, 0.3) is 11.9 Å². The van der Waals surface area contributed by atoms with Crippen LogP contribution in [0.15, 0.2) is 11.4 Å². The van der Waals surface area contributed by atoms with Crippen LogP contribution < -0.4 is 4.90 Å². The standard InChI is InChI=1S/C12H8F4N2S/c13-8-10(9(14)12(16)17-11(8)15)18-3-1-7-6(5-18)2-4-19-7/h2,4H,1,3,5H2. The average molecular weight is 288 g/mol. The van der Waals surface area contributed by atoms with Gasteiger partial charge in [0.2, 0.25) is 11.6 Å². The van der Waals surface area contributed by atoms with E-state index in [9.17, 15) is 17.6 Å². The van der Waals surface area contributed by atoms with Crippen LogP contribution in [0.3, 0.4) is 0 Å². The third-order valence-corrected chi connectivity index (χ3v) is 4.12. The summed E-state index contributed by atoms with van der Waals surface area (Å²) in [6.07, 6.45) is 0.595. The van der Waals surface area contributed by atoms with Crippen LogP contribution in [-0.2, 0) is 13.0 Å². The summed E-state index contributed by atoms with van der Waals surface area (Å²) in [5.41, 5.74) is 0.245. The van der Waals surface area contributed by atoms with Crippen molar-refractivity contribution in [1.82, 2.24) is 4.98 Å². The quantitative estimate of drug-likeness (QED) is 0.591. The number of rotatable bonds is 1. The first kappa shape index (κ1) is 12.4. The van der Waals surface area contributed by atoms with Gasteiger partial charge in [-0.1, -0.05) is 0 Å². The van der Waals surface area contributed by atoms with Crippen LogP contribution in [0.4, 0.5) is 23.2 Å². The summed E-state index contributed by atoms with van der Waals surface area (Å²) < 4.78 is 53.5. The number of nitrogens with zero attached hydrogens (tertiary/aromatic N) is 2. The molecule has 0 unspecified atom stereocenters. The van der Waals surface area contributed by atoms with Gasteiger partial charge in [-0.2, -0.15) is 22.5 Å². The first-order valence-electron chi connectivity index (χ1n) is 5.58. The number of thiophene rings is 1. The second-order valence-corrected chi connectivity index (χ2v) is 5.21. The highest BCUT2D eigenvalue weighted by molar-refractivity contribution is 7.10. The van der Waals surface area contributed by atoms with Crippen molar-refractivity contribution in [3.8, 4) is 0 Å². The van der Waals surface area contributed by atoms with E-state index in [2.05, 4.69) is 4.98 Å². The molecule has 0 atom stereocenters. The van der Waals surface area contributed by atoms with Crippen molar-refractivity contribution < 1.29 is 17.6 Å². The van der Waals surface area contributed by atoms with Crippen molar-refractivity contribution in [2.24, 2.45) is 0 Å². The molecule has 0 spiro atoms. The van der Waals surface area contributed by atoms with Gasteiger partial charge >= 0.3 is 0 Å². The summed E-state index contributed by atoms with van der Waals surface area (Å²) in [6, 6.07) is 1.84. The third kappa shape index (κ3) is 1.98. The zero-order valence-electron chi connectivity index (χ0n) is 9.59. The smallest absolute Gasteiger partial charge is 0.253 e. The van der Waals surface area contributed by atoms with E-state index in [4.69, 9.17) is 0 Å². The molecule has 3 rings (SSSR count). The molecule has 0 bridgehead atoms. The van der Waals surface area contributed by atoms with E-state index in [1.54, 1.807) is 11.3 Å². The molecule has 1 aliphatic heterocycles. The Morgan fingerprint density at radius 1 is 1.11 bits per heavy atom. The van der Waals surface area contributed by atoms with Crippen molar-refractivity contribution in [2.75, 3.05) is 11.4 Å². The van der Waals surface area contributed by atoms with Crippen molar-refractivity contribution in [1.29, 1.82) is 0 Å². The highest BCUT2D eigenvalue weighted by Crippen LogP contribution is 2.32. The molecule has 19 heavy (non-hydrogen) atoms. The number of aromatic nitrogens is 1. The highest BCUT2D eigenvalue weighted by Gasteiger charge is 2.28. The Balaban J connectivity index is 2.05. The maximum atomic E-state index is 13.6. The number of halogens is 4. The Morgan fingerprint density at radius 2 is 1.79 bits per heavy atom. The molecule has 1 aliphatic rings. The largest absolute Gasteiger partial charge is 0.362 e. The zero-order valence-corrected chi connectivity index (χ0v) is 10.4. The maximum Gasteiger partial charge on any atom is 0.253 e. The van der Waals surface area contributed by atoms with Crippen LogP contribution in [0.5, 0.6) is 0 Å². The lowest BCUT2D eigenvalue weighted by atomic mass is 10.1. The lowest BCUT2D eigenvalue weighted by Gasteiger charge is -2.29. The molecule has 100 valence electrons. The second kappa shape index (κ2) is 4.48. The van der Waals surface area contributed by atoms with Crippen LogP contribution >= 0.6 is 11.3 Å². The fourth-order valence-electron chi connectivity index (χ4n) is 2.19. The monoisotopic (exact) mass is 288 g/mol. The number of fused-ring (bicyclic) bond motifs is 1. The summed E-state index contributed by atoms with van der Waals surface area (Å²) in [5, 5.41) is 1.88. The first-order valence-corrected chi connectivity index (χ1v) is 6.46. The number of hydrogen-bond acceptors (Lipinski definition) is 3. The van der Waals surface area contributed by atoms with Crippen LogP contribution in [0, 0.1) is 23.5 Å². The number of hydrogen-bond donors (Lipinski definition) is 0. The lowest BCUT2D eigenvalue weighted by molar-refractivity contribution is 0.405. The molecule has 2 aromatic rings. The summed E-state index contributed by atoms with van der Waals surface area (Å²) in [6.45, 7) is 0.541. The Kier molecular flexibility index (Phi) is 2.93. The molecular formula is C12H8F4N2S. The predicted molar refractivity (Wildman–Crippen MR) is 63.1 cm³/mol. The van der Waals surface area contributed by atoms with E-state index < -0.39 is 29.2 Å². The maximum absolute atomic E-state index is 13.6. The van der Waals surface area contributed by atoms with E-state index in [1.165, 1.54) is 4.90 Å². The van der Waals surface area contributed by atoms with Crippen LogP contribution in [0.2, 0.25) is 0 Å². The van der Waals surface area contributed by atoms with Crippen molar-refractivity contribution in [3.63, 3.8) is 0 Å². The van der Waals surface area contributed by atoms with Gasteiger partial charge in [-0.05, 0) is 23.4 Å². The van der Waals surface area contributed by atoms with E-state index >= 15 is 0 Å². The highest BCUT2D eigenvalue weighted by atomic mass is 32.1. The Hall–Kier alpha value is -1.63. The Bertz CT molecular complexity index is 615. The minimum Gasteiger partial charge on any atom is -0.362 e. The van der Waals surface area contributed by atoms with E-state index in [1.807, 2.05) is 11.4 Å². The van der Waals surface area contributed by atoms with Crippen LogP contribution in [-0.4, -0.2) is 11.5 Å². The normalized spacial score (nSPS) is 14.6. The van der Waals surface area contributed by atoms with Gasteiger partial charge in [0.05, 0.1) is 0 Å². The molecule has 2 aromatic heterocycles. The van der Waals surface area contributed by atoms with Gasteiger partial charge in [-0.15, -0.1) is 11.3 Å². The number of pyridine rings is 1. The molecule has 7 heteroatoms. The Morgan fingerprint density at radius 3 is 2.47 bits per heavy atom. The van der Waals surface area contributed by atoms with Crippen LogP contribution in [0.1, 0.15) is 10.4 Å². The molecule has 0 saturated carbocycles. The van der Waals surface area contributed by atoms with E-state index in [-0.39, 0.29) is 6.54 Å². The predicted octanol–water partition coefficient (Wildman–Crippen LogP) is 3.26. The summed E-state index contributed by atoms with van der Waals surface area (Å²) in [5.74, 6) is -6.13. The molecule has 0 N–H and O–H groups in total. The van der Waals surface area contributed by atoms with E-state index in [0.717, 1.165) is 10.4 Å².